The van der Waals surface area contributed by atoms with Gasteiger partial charge < -0.3 is 4.90 Å². The molecule has 4 nitrogen and oxygen atoms in total. The molecule has 1 aromatic heterocycles. The fraction of sp³-hybridized carbons (Fsp3) is 0.286. The van der Waals surface area contributed by atoms with Crippen molar-refractivity contribution in [2.24, 2.45) is 0 Å². The monoisotopic (exact) mass is 406 g/mol. The first-order valence-corrected chi connectivity index (χ1v) is 9.61. The molecular formula is C14H16BrFN2O2S2. The van der Waals surface area contributed by atoms with Gasteiger partial charge in [0.25, 0.3) is 0 Å². The van der Waals surface area contributed by atoms with E-state index in [1.165, 1.54) is 12.1 Å². The summed E-state index contributed by atoms with van der Waals surface area (Å²) in [4.78, 5) is 2.61. The normalized spacial score (nSPS) is 13.5. The Morgan fingerprint density at radius 1 is 1.36 bits per heavy atom. The Kier molecular flexibility index (Phi) is 5.73. The zero-order chi connectivity index (χ0) is 16.3. The smallest absolute Gasteiger partial charge is 0.243 e. The van der Waals surface area contributed by atoms with Crippen LogP contribution >= 0.6 is 27.3 Å². The number of halogens is 2. The Labute approximate surface area is 142 Å². The van der Waals surface area contributed by atoms with E-state index >= 15 is 0 Å². The zero-order valence-electron chi connectivity index (χ0n) is 12.1. The van der Waals surface area contributed by atoms with Gasteiger partial charge in [0, 0.05) is 15.9 Å². The lowest BCUT2D eigenvalue weighted by Gasteiger charge is -2.23. The molecule has 1 atom stereocenters. The van der Waals surface area contributed by atoms with Crippen molar-refractivity contribution in [1.82, 2.24) is 9.62 Å². The van der Waals surface area contributed by atoms with Gasteiger partial charge in [0.15, 0.2) is 0 Å². The van der Waals surface area contributed by atoms with Crippen LogP contribution in [0.1, 0.15) is 10.9 Å². The van der Waals surface area contributed by atoms with Crippen molar-refractivity contribution >= 4 is 37.3 Å². The van der Waals surface area contributed by atoms with Crippen molar-refractivity contribution in [3.8, 4) is 0 Å². The molecule has 0 radical (unpaired) electrons. The summed E-state index contributed by atoms with van der Waals surface area (Å²) in [5, 5.41) is 1.94. The number of thiophene rings is 1. The zero-order valence-corrected chi connectivity index (χ0v) is 15.3. The molecule has 120 valence electrons. The molecule has 1 aromatic carbocycles. The van der Waals surface area contributed by atoms with E-state index in [1.54, 1.807) is 11.3 Å². The second-order valence-corrected chi connectivity index (χ2v) is 8.55. The lowest BCUT2D eigenvalue weighted by molar-refractivity contribution is 0.303. The minimum atomic E-state index is -3.91. The molecule has 0 amide bonds. The van der Waals surface area contributed by atoms with Gasteiger partial charge in [-0.1, -0.05) is 22.0 Å². The molecule has 0 aliphatic rings. The molecule has 22 heavy (non-hydrogen) atoms. The number of likely N-dealkylation sites (N-methyl/N-ethyl adjacent to an activating group) is 1. The van der Waals surface area contributed by atoms with Crippen LogP contribution in [0.25, 0.3) is 0 Å². The Balaban J connectivity index is 2.20. The maximum absolute atomic E-state index is 13.8. The maximum atomic E-state index is 13.8. The molecule has 1 heterocycles. The molecule has 0 spiro atoms. The molecule has 2 aromatic rings. The van der Waals surface area contributed by atoms with Gasteiger partial charge in [0.05, 0.1) is 6.04 Å². The third-order valence-electron chi connectivity index (χ3n) is 3.14. The van der Waals surface area contributed by atoms with Gasteiger partial charge in [0.2, 0.25) is 10.0 Å². The summed E-state index contributed by atoms with van der Waals surface area (Å²) < 4.78 is 41.4. The molecule has 0 bridgehead atoms. The van der Waals surface area contributed by atoms with E-state index < -0.39 is 15.8 Å². The van der Waals surface area contributed by atoms with E-state index in [0.717, 1.165) is 10.9 Å². The molecule has 1 N–H and O–H groups in total. The summed E-state index contributed by atoms with van der Waals surface area (Å²) in [6.45, 7) is 0.168. The van der Waals surface area contributed by atoms with Crippen molar-refractivity contribution in [3.05, 3.63) is 50.9 Å². The molecule has 0 aliphatic carbocycles. The minimum Gasteiger partial charge on any atom is -0.300 e. The van der Waals surface area contributed by atoms with Crippen LogP contribution in [0.3, 0.4) is 0 Å². The largest absolute Gasteiger partial charge is 0.300 e. The summed E-state index contributed by atoms with van der Waals surface area (Å²) in [6, 6.07) is 7.60. The highest BCUT2D eigenvalue weighted by atomic mass is 79.9. The third-order valence-corrected chi connectivity index (χ3v) is 6.05. The summed E-state index contributed by atoms with van der Waals surface area (Å²) >= 11 is 4.71. The Hall–Kier alpha value is -0.800. The maximum Gasteiger partial charge on any atom is 0.243 e. The average molecular weight is 407 g/mol. The highest BCUT2D eigenvalue weighted by molar-refractivity contribution is 9.10. The second-order valence-electron chi connectivity index (χ2n) is 4.92. The fourth-order valence-corrected chi connectivity index (χ4v) is 4.54. The van der Waals surface area contributed by atoms with Gasteiger partial charge in [0.1, 0.15) is 10.7 Å². The van der Waals surface area contributed by atoms with Gasteiger partial charge >= 0.3 is 0 Å². The fourth-order valence-electron chi connectivity index (χ4n) is 1.97. The summed E-state index contributed by atoms with van der Waals surface area (Å²) in [7, 11) is -0.163. The van der Waals surface area contributed by atoms with Crippen molar-refractivity contribution in [1.29, 1.82) is 0 Å². The van der Waals surface area contributed by atoms with Gasteiger partial charge in [-0.2, -0.15) is 0 Å². The molecule has 8 heteroatoms. The van der Waals surface area contributed by atoms with Crippen molar-refractivity contribution < 1.29 is 12.8 Å². The number of rotatable bonds is 6. The molecule has 0 saturated carbocycles. The number of sulfonamides is 1. The molecule has 0 saturated heterocycles. The van der Waals surface area contributed by atoms with Crippen molar-refractivity contribution in [2.45, 2.75) is 10.9 Å². The minimum absolute atomic E-state index is 0.106. The highest BCUT2D eigenvalue weighted by Crippen LogP contribution is 2.24. The predicted molar refractivity (Wildman–Crippen MR) is 90.0 cm³/mol. The number of benzene rings is 1. The SMILES string of the molecule is CN(C)C(CNS(=O)(=O)c1cc(Br)ccc1F)c1cccs1. The first-order valence-electron chi connectivity index (χ1n) is 6.46. The van der Waals surface area contributed by atoms with E-state index in [9.17, 15) is 12.8 Å². The van der Waals surface area contributed by atoms with Gasteiger partial charge in [-0.05, 0) is 43.7 Å². The quantitative estimate of drug-likeness (QED) is 0.800. The predicted octanol–water partition coefficient (Wildman–Crippen LogP) is 3.23. The number of hydrogen-bond acceptors (Lipinski definition) is 4. The first-order chi connectivity index (χ1) is 10.3. The topological polar surface area (TPSA) is 49.4 Å². The molecule has 2 rings (SSSR count). The molecule has 1 unspecified atom stereocenters. The van der Waals surface area contributed by atoms with Crippen LogP contribution in [0.15, 0.2) is 45.1 Å². The van der Waals surface area contributed by atoms with Crippen LogP contribution in [0, 0.1) is 5.82 Å². The highest BCUT2D eigenvalue weighted by Gasteiger charge is 2.23. The van der Waals surface area contributed by atoms with E-state index in [2.05, 4.69) is 20.7 Å². The lowest BCUT2D eigenvalue weighted by atomic mass is 10.2. The summed E-state index contributed by atoms with van der Waals surface area (Å²) in [5.74, 6) is -0.770. The van der Waals surface area contributed by atoms with Gasteiger partial charge in [-0.3, -0.25) is 0 Å². The Morgan fingerprint density at radius 3 is 2.68 bits per heavy atom. The van der Waals surface area contributed by atoms with Crippen LogP contribution < -0.4 is 4.72 Å². The van der Waals surface area contributed by atoms with Gasteiger partial charge in [-0.25, -0.2) is 17.5 Å². The van der Waals surface area contributed by atoms with Crippen LogP contribution in [0.5, 0.6) is 0 Å². The Bertz CT molecular complexity index is 733. The van der Waals surface area contributed by atoms with E-state index in [-0.39, 0.29) is 17.5 Å². The number of nitrogens with zero attached hydrogens (tertiary/aromatic N) is 1. The van der Waals surface area contributed by atoms with Crippen LogP contribution in [-0.4, -0.2) is 34.0 Å². The van der Waals surface area contributed by atoms with Crippen molar-refractivity contribution in [3.63, 3.8) is 0 Å². The summed E-state index contributed by atoms with van der Waals surface area (Å²) in [5.41, 5.74) is 0. The first kappa shape index (κ1) is 17.6. The van der Waals surface area contributed by atoms with E-state index in [4.69, 9.17) is 0 Å². The lowest BCUT2D eigenvalue weighted by Crippen LogP contribution is -2.34. The number of nitrogens with one attached hydrogen (secondary N) is 1. The van der Waals surface area contributed by atoms with Crippen LogP contribution in [-0.2, 0) is 10.0 Å². The third kappa shape index (κ3) is 4.14. The van der Waals surface area contributed by atoms with E-state index in [0.29, 0.717) is 4.47 Å². The standard InChI is InChI=1S/C14H16BrFN2O2S2/c1-18(2)12(13-4-3-7-21-13)9-17-22(19,20)14-8-10(15)5-6-11(14)16/h3-8,12,17H,9H2,1-2H3. The molecular weight excluding hydrogens is 391 g/mol. The molecule has 0 aliphatic heterocycles. The second kappa shape index (κ2) is 7.18. The van der Waals surface area contributed by atoms with Crippen molar-refractivity contribution in [2.75, 3.05) is 20.6 Å². The average Bonchev–Trinajstić information content (AvgIpc) is 2.95. The van der Waals surface area contributed by atoms with E-state index in [1.807, 2.05) is 36.5 Å². The Morgan fingerprint density at radius 2 is 2.09 bits per heavy atom. The van der Waals surface area contributed by atoms with Crippen LogP contribution in [0.4, 0.5) is 4.39 Å². The number of hydrogen-bond donors (Lipinski definition) is 1. The molecule has 0 fully saturated rings. The van der Waals surface area contributed by atoms with Crippen LogP contribution in [0.2, 0.25) is 0 Å². The summed E-state index contributed by atoms with van der Waals surface area (Å²) in [6.07, 6.45) is 0. The van der Waals surface area contributed by atoms with Gasteiger partial charge in [-0.15, -0.1) is 11.3 Å².